The smallest absolute Gasteiger partial charge is 0.336 e. The Morgan fingerprint density at radius 1 is 1.17 bits per heavy atom. The van der Waals surface area contributed by atoms with E-state index in [4.69, 9.17) is 4.74 Å². The van der Waals surface area contributed by atoms with Gasteiger partial charge in [-0.15, -0.1) is 0 Å². The highest BCUT2D eigenvalue weighted by Crippen LogP contribution is 2.33. The Morgan fingerprint density at radius 3 is 2.60 bits per heavy atom. The van der Waals surface area contributed by atoms with Crippen LogP contribution in [-0.4, -0.2) is 55.7 Å². The molecule has 160 valence electrons. The fourth-order valence-corrected chi connectivity index (χ4v) is 5.25. The Morgan fingerprint density at radius 2 is 1.90 bits per heavy atom. The van der Waals surface area contributed by atoms with Gasteiger partial charge < -0.3 is 9.84 Å². The lowest BCUT2D eigenvalue weighted by atomic mass is 9.89. The van der Waals surface area contributed by atoms with Crippen LogP contribution in [0, 0.1) is 6.92 Å². The molecule has 2 saturated heterocycles. The van der Waals surface area contributed by atoms with Crippen molar-refractivity contribution in [2.75, 3.05) is 13.1 Å². The van der Waals surface area contributed by atoms with Crippen molar-refractivity contribution in [3.05, 3.63) is 65.2 Å². The van der Waals surface area contributed by atoms with Crippen LogP contribution in [0.2, 0.25) is 0 Å². The summed E-state index contributed by atoms with van der Waals surface area (Å²) in [6.45, 7) is 3.47. The maximum Gasteiger partial charge on any atom is 0.336 e. The van der Waals surface area contributed by atoms with Crippen molar-refractivity contribution in [2.45, 2.75) is 49.5 Å². The molecule has 7 nitrogen and oxygen atoms in total. The third kappa shape index (κ3) is 4.41. The van der Waals surface area contributed by atoms with Gasteiger partial charge in [-0.1, -0.05) is 35.9 Å². The normalized spacial score (nSPS) is 24.1. The van der Waals surface area contributed by atoms with Crippen LogP contribution in [0.15, 0.2) is 53.4 Å². The van der Waals surface area contributed by atoms with Crippen LogP contribution in [0.1, 0.15) is 34.3 Å². The average molecular weight is 431 g/mol. The van der Waals surface area contributed by atoms with Crippen molar-refractivity contribution in [2.24, 2.45) is 0 Å². The summed E-state index contributed by atoms with van der Waals surface area (Å²) in [6.07, 6.45) is 1.57. The van der Waals surface area contributed by atoms with Crippen LogP contribution in [0.5, 0.6) is 0 Å². The van der Waals surface area contributed by atoms with Crippen LogP contribution >= 0.6 is 0 Å². The number of carbonyl (C=O) groups is 1. The number of carboxylic acids is 1. The molecule has 8 heteroatoms. The van der Waals surface area contributed by atoms with Gasteiger partial charge in [0.05, 0.1) is 22.7 Å². The molecule has 0 aliphatic carbocycles. The van der Waals surface area contributed by atoms with Crippen molar-refractivity contribution >= 4 is 16.0 Å². The minimum absolute atomic E-state index is 0.0598. The minimum Gasteiger partial charge on any atom is -0.478 e. The predicted octanol–water partition coefficient (Wildman–Crippen LogP) is 2.40. The number of aromatic carboxylic acids is 1. The Kier molecular flexibility index (Phi) is 5.92. The molecule has 2 aliphatic rings. The molecular weight excluding hydrogens is 404 g/mol. The molecule has 2 aromatic carbocycles. The molecule has 0 saturated carbocycles. The monoisotopic (exact) mass is 430 g/mol. The van der Waals surface area contributed by atoms with Gasteiger partial charge in [-0.25, -0.2) is 17.9 Å². The van der Waals surface area contributed by atoms with Gasteiger partial charge in [0.1, 0.15) is 0 Å². The molecule has 0 unspecified atom stereocenters. The zero-order chi connectivity index (χ0) is 21.3. The van der Waals surface area contributed by atoms with E-state index >= 15 is 0 Å². The van der Waals surface area contributed by atoms with E-state index in [9.17, 15) is 18.3 Å². The molecule has 30 heavy (non-hydrogen) atoms. The van der Waals surface area contributed by atoms with Crippen LogP contribution in [0.4, 0.5) is 0 Å². The van der Waals surface area contributed by atoms with E-state index in [-0.39, 0.29) is 29.7 Å². The molecule has 4 rings (SSSR count). The SMILES string of the molecule is Cc1ccc(S(=O)(=O)NC[C@@H]2CC[C@H]3[C@H](CN3Cc3ccccc3C(=O)O)O2)cc1. The van der Waals surface area contributed by atoms with Crippen LogP contribution in [0.3, 0.4) is 0 Å². The third-order valence-corrected chi connectivity index (χ3v) is 7.36. The van der Waals surface area contributed by atoms with Crippen LogP contribution < -0.4 is 4.72 Å². The molecule has 2 N–H and O–H groups in total. The highest BCUT2D eigenvalue weighted by Gasteiger charge is 2.44. The fraction of sp³-hybridized carbons (Fsp3) is 0.409. The zero-order valence-electron chi connectivity index (χ0n) is 16.8. The first-order valence-electron chi connectivity index (χ1n) is 10.1. The van der Waals surface area contributed by atoms with Gasteiger partial charge in [0.2, 0.25) is 10.0 Å². The van der Waals surface area contributed by atoms with E-state index in [1.165, 1.54) is 0 Å². The van der Waals surface area contributed by atoms with Gasteiger partial charge in [-0.3, -0.25) is 4.90 Å². The van der Waals surface area contributed by atoms with E-state index in [0.717, 1.165) is 30.5 Å². The van der Waals surface area contributed by atoms with E-state index in [2.05, 4.69) is 9.62 Å². The summed E-state index contributed by atoms with van der Waals surface area (Å²) in [5.74, 6) is -0.913. The van der Waals surface area contributed by atoms with Crippen molar-refractivity contribution < 1.29 is 23.1 Å². The van der Waals surface area contributed by atoms with Gasteiger partial charge in [0.25, 0.3) is 0 Å². The first-order valence-corrected chi connectivity index (χ1v) is 11.6. The molecule has 2 aromatic rings. The average Bonchev–Trinajstić information content (AvgIpc) is 2.71. The second-order valence-electron chi connectivity index (χ2n) is 8.00. The third-order valence-electron chi connectivity index (χ3n) is 5.92. The van der Waals surface area contributed by atoms with Gasteiger partial charge >= 0.3 is 5.97 Å². The number of rotatable bonds is 7. The predicted molar refractivity (Wildman–Crippen MR) is 112 cm³/mol. The van der Waals surface area contributed by atoms with Gasteiger partial charge in [-0.05, 0) is 43.5 Å². The summed E-state index contributed by atoms with van der Waals surface area (Å²) in [7, 11) is -3.55. The second-order valence-corrected chi connectivity index (χ2v) is 9.76. The maximum atomic E-state index is 12.5. The molecule has 0 aromatic heterocycles. The molecule has 2 fully saturated rings. The molecule has 3 atom stereocenters. The number of nitrogens with zero attached hydrogens (tertiary/aromatic N) is 1. The topological polar surface area (TPSA) is 95.9 Å². The van der Waals surface area contributed by atoms with Gasteiger partial charge in [0.15, 0.2) is 0 Å². The first-order chi connectivity index (χ1) is 14.3. The Balaban J connectivity index is 1.29. The molecule has 0 amide bonds. The molecular formula is C22H26N2O5S. The number of hydrogen-bond acceptors (Lipinski definition) is 5. The number of hydrogen-bond donors (Lipinski definition) is 2. The van der Waals surface area contributed by atoms with Crippen molar-refractivity contribution in [3.63, 3.8) is 0 Å². The van der Waals surface area contributed by atoms with Gasteiger partial charge in [-0.2, -0.15) is 0 Å². The Hall–Kier alpha value is -2.26. The zero-order valence-corrected chi connectivity index (χ0v) is 17.6. The van der Waals surface area contributed by atoms with E-state index < -0.39 is 16.0 Å². The highest BCUT2D eigenvalue weighted by molar-refractivity contribution is 7.89. The molecule has 0 radical (unpaired) electrons. The van der Waals surface area contributed by atoms with Crippen LogP contribution in [0.25, 0.3) is 0 Å². The standard InChI is InChI=1S/C22H26N2O5S/c1-15-6-9-18(10-7-15)30(27,28)23-12-17-8-11-20-21(29-17)14-24(20)13-16-4-2-3-5-19(16)22(25)26/h2-7,9-10,17,20-21,23H,8,11-14H2,1H3,(H,25,26)/t17-,20-,21-/m0/s1. The number of sulfonamides is 1. The van der Waals surface area contributed by atoms with E-state index in [0.29, 0.717) is 12.1 Å². The first kappa shape index (κ1) is 21.0. The lowest BCUT2D eigenvalue weighted by Crippen LogP contribution is -2.64. The van der Waals surface area contributed by atoms with Crippen molar-refractivity contribution in [1.29, 1.82) is 0 Å². The summed E-state index contributed by atoms with van der Waals surface area (Å²) in [6, 6.07) is 14.1. The Bertz CT molecular complexity index is 1020. The number of aryl methyl sites for hydroxylation is 1. The number of nitrogens with one attached hydrogen (secondary N) is 1. The summed E-state index contributed by atoms with van der Waals surface area (Å²) in [5.41, 5.74) is 2.15. The lowest BCUT2D eigenvalue weighted by molar-refractivity contribution is -0.168. The number of benzene rings is 2. The maximum absolute atomic E-state index is 12.5. The van der Waals surface area contributed by atoms with Crippen molar-refractivity contribution in [1.82, 2.24) is 9.62 Å². The molecule has 0 bridgehead atoms. The summed E-state index contributed by atoms with van der Waals surface area (Å²) in [4.78, 5) is 13.9. The quantitative estimate of drug-likeness (QED) is 0.700. The number of carboxylic acid groups (broad SMARTS) is 1. The number of likely N-dealkylation sites (tertiary alicyclic amines) is 1. The second kappa shape index (κ2) is 8.47. The largest absolute Gasteiger partial charge is 0.478 e. The summed E-state index contributed by atoms with van der Waals surface area (Å²) < 4.78 is 33.7. The fourth-order valence-electron chi connectivity index (χ4n) is 4.18. The molecule has 0 spiro atoms. The Labute approximate surface area is 176 Å². The lowest BCUT2D eigenvalue weighted by Gasteiger charge is -2.52. The molecule has 2 aliphatic heterocycles. The number of ether oxygens (including phenoxy) is 1. The summed E-state index contributed by atoms with van der Waals surface area (Å²) in [5, 5.41) is 9.36. The number of fused-ring (bicyclic) bond motifs is 1. The van der Waals surface area contributed by atoms with Gasteiger partial charge in [0, 0.05) is 25.7 Å². The van der Waals surface area contributed by atoms with Crippen molar-refractivity contribution in [3.8, 4) is 0 Å². The van der Waals surface area contributed by atoms with E-state index in [1.807, 2.05) is 19.1 Å². The summed E-state index contributed by atoms with van der Waals surface area (Å²) >= 11 is 0. The van der Waals surface area contributed by atoms with Crippen LogP contribution in [-0.2, 0) is 21.3 Å². The molecule has 2 heterocycles. The highest BCUT2D eigenvalue weighted by atomic mass is 32.2. The van der Waals surface area contributed by atoms with E-state index in [1.54, 1.807) is 36.4 Å². The minimum atomic E-state index is -3.55.